The molecule has 0 radical (unpaired) electrons. The third kappa shape index (κ3) is 2.97. The molecule has 1 heterocycles. The number of hydrogen-bond acceptors (Lipinski definition) is 7. The Morgan fingerprint density at radius 3 is 2.40 bits per heavy atom. The minimum atomic E-state index is -1.63. The smallest absolute Gasteiger partial charge is 0.338 e. The molecule has 0 spiro atoms. The van der Waals surface area contributed by atoms with E-state index in [1.165, 1.54) is 12.1 Å². The van der Waals surface area contributed by atoms with Crippen LogP contribution in [0.3, 0.4) is 0 Å². The van der Waals surface area contributed by atoms with Gasteiger partial charge in [0.05, 0.1) is 12.2 Å². The first kappa shape index (κ1) is 14.9. The minimum absolute atomic E-state index is 0.241. The van der Waals surface area contributed by atoms with E-state index >= 15 is 0 Å². The van der Waals surface area contributed by atoms with Crippen LogP contribution < -0.4 is 0 Å². The van der Waals surface area contributed by atoms with E-state index in [2.05, 4.69) is 0 Å². The molecular weight excluding hydrogens is 268 g/mol. The zero-order valence-corrected chi connectivity index (χ0v) is 10.5. The van der Waals surface area contributed by atoms with Gasteiger partial charge in [0, 0.05) is 0 Å². The van der Waals surface area contributed by atoms with E-state index in [0.29, 0.717) is 0 Å². The van der Waals surface area contributed by atoms with Gasteiger partial charge in [-0.3, -0.25) is 0 Å². The van der Waals surface area contributed by atoms with Gasteiger partial charge in [0.1, 0.15) is 18.3 Å². The van der Waals surface area contributed by atoms with E-state index in [1.807, 2.05) is 0 Å². The van der Waals surface area contributed by atoms with Crippen LogP contribution in [0.15, 0.2) is 30.3 Å². The van der Waals surface area contributed by atoms with E-state index in [9.17, 15) is 20.1 Å². The van der Waals surface area contributed by atoms with Gasteiger partial charge in [-0.25, -0.2) is 4.79 Å². The zero-order valence-electron chi connectivity index (χ0n) is 10.5. The molecule has 1 saturated heterocycles. The highest BCUT2D eigenvalue weighted by molar-refractivity contribution is 5.89. The van der Waals surface area contributed by atoms with Gasteiger partial charge < -0.3 is 29.9 Å². The van der Waals surface area contributed by atoms with Crippen molar-refractivity contribution in [2.45, 2.75) is 30.7 Å². The summed E-state index contributed by atoms with van der Waals surface area (Å²) < 4.78 is 9.85. The number of esters is 1. The largest absolute Gasteiger partial charge is 0.450 e. The molecule has 2 rings (SSSR count). The average Bonchev–Trinajstić information content (AvgIpc) is 2.48. The lowest BCUT2D eigenvalue weighted by Crippen LogP contribution is -2.59. The van der Waals surface area contributed by atoms with Crippen molar-refractivity contribution in [2.75, 3.05) is 6.61 Å². The zero-order chi connectivity index (χ0) is 14.7. The van der Waals surface area contributed by atoms with Crippen molar-refractivity contribution < 1.29 is 34.7 Å². The second-order valence-corrected chi connectivity index (χ2v) is 4.46. The van der Waals surface area contributed by atoms with Crippen LogP contribution in [0.1, 0.15) is 10.4 Å². The molecule has 0 bridgehead atoms. The van der Waals surface area contributed by atoms with E-state index in [1.54, 1.807) is 18.2 Å². The van der Waals surface area contributed by atoms with Crippen molar-refractivity contribution in [3.63, 3.8) is 0 Å². The summed E-state index contributed by atoms with van der Waals surface area (Å²) in [4.78, 5) is 11.8. The van der Waals surface area contributed by atoms with Crippen molar-refractivity contribution in [1.29, 1.82) is 0 Å². The number of hydrogen-bond donors (Lipinski definition) is 4. The quantitative estimate of drug-likeness (QED) is 0.507. The number of carbonyl (C=O) groups is 1. The van der Waals surface area contributed by atoms with Gasteiger partial charge in [-0.1, -0.05) is 18.2 Å². The second-order valence-electron chi connectivity index (χ2n) is 4.46. The van der Waals surface area contributed by atoms with Crippen molar-refractivity contribution in [3.05, 3.63) is 35.9 Å². The summed E-state index contributed by atoms with van der Waals surface area (Å²) in [6, 6.07) is 8.02. The number of benzene rings is 1. The maximum absolute atomic E-state index is 11.8. The molecule has 1 aromatic carbocycles. The first-order valence-electron chi connectivity index (χ1n) is 6.11. The molecule has 1 aliphatic rings. The van der Waals surface area contributed by atoms with E-state index in [4.69, 9.17) is 14.6 Å². The Bertz CT molecular complexity index is 449. The van der Waals surface area contributed by atoms with Gasteiger partial charge in [-0.05, 0) is 12.1 Å². The van der Waals surface area contributed by atoms with Gasteiger partial charge in [-0.15, -0.1) is 0 Å². The summed E-state index contributed by atoms with van der Waals surface area (Å²) in [5, 5.41) is 38.1. The summed E-state index contributed by atoms with van der Waals surface area (Å²) in [5.74, 6) is -0.757. The molecule has 7 nitrogen and oxygen atoms in total. The molecule has 1 fully saturated rings. The predicted molar refractivity (Wildman–Crippen MR) is 65.6 cm³/mol. The first-order chi connectivity index (χ1) is 9.54. The molecule has 7 heteroatoms. The average molecular weight is 284 g/mol. The van der Waals surface area contributed by atoms with Crippen LogP contribution in [0.4, 0.5) is 0 Å². The van der Waals surface area contributed by atoms with Crippen LogP contribution >= 0.6 is 0 Å². The fraction of sp³-hybridized carbons (Fsp3) is 0.462. The topological polar surface area (TPSA) is 116 Å². The van der Waals surface area contributed by atoms with Gasteiger partial charge >= 0.3 is 5.97 Å². The highest BCUT2D eigenvalue weighted by atomic mass is 16.7. The molecule has 110 valence electrons. The lowest BCUT2D eigenvalue weighted by atomic mass is 9.99. The minimum Gasteiger partial charge on any atom is -0.450 e. The summed E-state index contributed by atoms with van der Waals surface area (Å²) in [6.45, 7) is -0.575. The number of rotatable bonds is 3. The maximum Gasteiger partial charge on any atom is 0.338 e. The Balaban J connectivity index is 2.07. The van der Waals surface area contributed by atoms with E-state index in [-0.39, 0.29) is 5.56 Å². The third-order valence-electron chi connectivity index (χ3n) is 3.10. The predicted octanol–water partition coefficient (Wildman–Crippen LogP) is -1.36. The SMILES string of the molecule is O=C(O[C@@H]1[C@@H](O)[C@@H](O)[C@@H](CO)O[C@H]1O)c1ccccc1. The van der Waals surface area contributed by atoms with Crippen LogP contribution in [-0.4, -0.2) is 63.7 Å². The lowest BCUT2D eigenvalue weighted by molar-refractivity contribution is -0.285. The Kier molecular flexibility index (Phi) is 4.69. The van der Waals surface area contributed by atoms with Gasteiger partial charge in [0.15, 0.2) is 12.4 Å². The Morgan fingerprint density at radius 1 is 1.15 bits per heavy atom. The lowest BCUT2D eigenvalue weighted by Gasteiger charge is -2.39. The molecule has 20 heavy (non-hydrogen) atoms. The first-order valence-corrected chi connectivity index (χ1v) is 6.11. The Labute approximate surface area is 115 Å². The van der Waals surface area contributed by atoms with Crippen LogP contribution in [0.2, 0.25) is 0 Å². The molecule has 1 aromatic rings. The molecule has 1 aliphatic heterocycles. The summed E-state index contributed by atoms with van der Waals surface area (Å²) in [7, 11) is 0. The van der Waals surface area contributed by atoms with Crippen LogP contribution in [0.5, 0.6) is 0 Å². The normalized spacial score (nSPS) is 33.7. The van der Waals surface area contributed by atoms with Gasteiger partial charge in [0.2, 0.25) is 0 Å². The third-order valence-corrected chi connectivity index (χ3v) is 3.10. The summed E-state index contributed by atoms with van der Waals surface area (Å²) in [6.07, 6.45) is -7.20. The van der Waals surface area contributed by atoms with Crippen molar-refractivity contribution >= 4 is 5.97 Å². The van der Waals surface area contributed by atoms with Crippen molar-refractivity contribution in [2.24, 2.45) is 0 Å². The number of aliphatic hydroxyl groups excluding tert-OH is 4. The Morgan fingerprint density at radius 2 is 1.80 bits per heavy atom. The molecular formula is C13H16O7. The molecule has 0 amide bonds. The molecule has 0 aliphatic carbocycles. The van der Waals surface area contributed by atoms with Gasteiger partial charge in [-0.2, -0.15) is 0 Å². The van der Waals surface area contributed by atoms with Gasteiger partial charge in [0.25, 0.3) is 0 Å². The van der Waals surface area contributed by atoms with Crippen LogP contribution in [0.25, 0.3) is 0 Å². The fourth-order valence-electron chi connectivity index (χ4n) is 1.96. The Hall–Kier alpha value is -1.51. The molecule has 0 saturated carbocycles. The monoisotopic (exact) mass is 284 g/mol. The standard InChI is InChI=1S/C13H16O7/c14-6-8-9(15)10(16)11(13(18)19-8)20-12(17)7-4-2-1-3-5-7/h1-5,8-11,13-16,18H,6H2/t8-,9+,10+,11-,13-/m1/s1. The number of ether oxygens (including phenoxy) is 2. The van der Waals surface area contributed by atoms with E-state index in [0.717, 1.165) is 0 Å². The van der Waals surface area contributed by atoms with Crippen molar-refractivity contribution in [1.82, 2.24) is 0 Å². The number of aliphatic hydroxyl groups is 4. The number of carbonyl (C=O) groups excluding carboxylic acids is 1. The van der Waals surface area contributed by atoms with Crippen LogP contribution in [-0.2, 0) is 9.47 Å². The highest BCUT2D eigenvalue weighted by Gasteiger charge is 2.45. The second kappa shape index (κ2) is 6.29. The fourth-order valence-corrected chi connectivity index (χ4v) is 1.96. The summed E-state index contributed by atoms with van der Waals surface area (Å²) >= 11 is 0. The van der Waals surface area contributed by atoms with Crippen molar-refractivity contribution in [3.8, 4) is 0 Å². The van der Waals surface area contributed by atoms with Crippen LogP contribution in [0, 0.1) is 0 Å². The maximum atomic E-state index is 11.8. The molecule has 5 atom stereocenters. The highest BCUT2D eigenvalue weighted by Crippen LogP contribution is 2.23. The molecule has 0 aromatic heterocycles. The molecule has 4 N–H and O–H groups in total. The molecule has 0 unspecified atom stereocenters. The van der Waals surface area contributed by atoms with E-state index < -0.39 is 43.3 Å². The summed E-state index contributed by atoms with van der Waals surface area (Å²) in [5.41, 5.74) is 0.241.